The molecular weight excluding hydrogens is 1330 g/mol. The molecule has 0 aliphatic carbocycles. The predicted molar refractivity (Wildman–Crippen MR) is 441 cm³/mol. The Hall–Kier alpha value is -6.46. The number of anilines is 2. The smallest absolute Gasteiger partial charge is 0.321 e. The highest BCUT2D eigenvalue weighted by Gasteiger charge is 2.23. The number of rotatable bonds is 59. The number of hydrogen-bond donors (Lipinski definition) is 6. The number of amides is 4. The Kier molecular flexibility index (Phi) is 45.6. The second-order valence-corrected chi connectivity index (χ2v) is 34.1. The average molecular weight is 1480 g/mol. The number of nitrogens with one attached hydrogen (secondary N) is 6. The summed E-state index contributed by atoms with van der Waals surface area (Å²) in [6.45, 7) is 44.7. The van der Waals surface area contributed by atoms with Gasteiger partial charge in [0.1, 0.15) is 0 Å². The maximum atomic E-state index is 13.4. The number of aromatic amines is 2. The lowest BCUT2D eigenvalue weighted by Gasteiger charge is -2.21. The van der Waals surface area contributed by atoms with Gasteiger partial charge in [0.05, 0.1) is 51.0 Å². The zero-order valence-electron chi connectivity index (χ0n) is 69.8. The molecule has 6 atom stereocenters. The minimum atomic E-state index is -0.507. The summed E-state index contributed by atoms with van der Waals surface area (Å²) in [6, 6.07) is 9.39. The molecule has 4 aromatic rings. The van der Waals surface area contributed by atoms with E-state index in [9.17, 15) is 19.2 Å². The summed E-state index contributed by atoms with van der Waals surface area (Å²) in [5.74, 6) is 10.3. The van der Waals surface area contributed by atoms with E-state index < -0.39 is 23.2 Å². The van der Waals surface area contributed by atoms with E-state index in [1.54, 1.807) is 0 Å². The van der Waals surface area contributed by atoms with E-state index in [0.717, 1.165) is 89.9 Å². The first kappa shape index (κ1) is 91.9. The van der Waals surface area contributed by atoms with Crippen LogP contribution in [-0.2, 0) is 0 Å². The molecular formula is C88H150N8O10. The third-order valence-electron chi connectivity index (χ3n) is 20.3. The van der Waals surface area contributed by atoms with Crippen molar-refractivity contribution in [2.45, 2.75) is 304 Å². The molecule has 0 saturated heterocycles. The summed E-state index contributed by atoms with van der Waals surface area (Å²) in [6.07, 6.45) is 29.3. The summed E-state index contributed by atoms with van der Waals surface area (Å²) in [5, 5.41) is 11.3. The van der Waals surface area contributed by atoms with E-state index in [1.165, 1.54) is 89.2 Å². The maximum Gasteiger partial charge on any atom is 0.321 e. The van der Waals surface area contributed by atoms with E-state index >= 15 is 0 Å². The molecule has 2 aromatic heterocycles. The van der Waals surface area contributed by atoms with Crippen molar-refractivity contribution in [3.63, 3.8) is 0 Å². The lowest BCUT2D eigenvalue weighted by atomic mass is 9.97. The topological polar surface area (TPSA) is 229 Å². The van der Waals surface area contributed by atoms with E-state index in [2.05, 4.69) is 156 Å². The van der Waals surface area contributed by atoms with Crippen LogP contribution in [0.1, 0.15) is 304 Å². The van der Waals surface area contributed by atoms with Crippen molar-refractivity contribution in [1.82, 2.24) is 30.6 Å². The first-order valence-corrected chi connectivity index (χ1v) is 42.1. The van der Waals surface area contributed by atoms with Gasteiger partial charge in [-0.15, -0.1) is 0 Å². The molecule has 106 heavy (non-hydrogen) atoms. The fraction of sp³-hybridized carbons (Fsp3) is 0.750. The number of nitrogens with zero attached hydrogens (tertiary/aromatic N) is 2. The predicted octanol–water partition coefficient (Wildman–Crippen LogP) is 23.1. The average Bonchev–Trinajstić information content (AvgIpc) is 0.805. The quantitative estimate of drug-likeness (QED) is 0.0227. The number of unbranched alkanes of at least 4 members (excludes halogenated alkanes) is 3. The van der Waals surface area contributed by atoms with Crippen LogP contribution in [0, 0.1) is 71.0 Å². The third-order valence-corrected chi connectivity index (χ3v) is 20.3. The van der Waals surface area contributed by atoms with Crippen LogP contribution in [0.25, 0.3) is 22.5 Å². The van der Waals surface area contributed by atoms with E-state index in [4.69, 9.17) is 38.4 Å². The molecule has 2 aromatic carbocycles. The Balaban J connectivity index is 1.43. The van der Waals surface area contributed by atoms with Crippen LogP contribution in [0.5, 0.6) is 34.5 Å². The highest BCUT2D eigenvalue weighted by atomic mass is 16.5. The summed E-state index contributed by atoms with van der Waals surface area (Å²) in [5.41, 5.74) is 1.06. The van der Waals surface area contributed by atoms with Gasteiger partial charge in [-0.1, -0.05) is 253 Å². The Morgan fingerprint density at radius 3 is 0.783 bits per heavy atom. The first-order valence-electron chi connectivity index (χ1n) is 42.1. The number of benzene rings is 2. The van der Waals surface area contributed by atoms with Gasteiger partial charge in [-0.05, 0) is 147 Å². The number of aromatic nitrogens is 4. The molecule has 602 valence electrons. The van der Waals surface area contributed by atoms with Crippen molar-refractivity contribution in [2.75, 3.05) is 63.4 Å². The van der Waals surface area contributed by atoms with Crippen LogP contribution < -0.4 is 60.8 Å². The molecule has 0 fully saturated rings. The molecule has 0 radical (unpaired) electrons. The molecule has 18 heteroatoms. The monoisotopic (exact) mass is 1480 g/mol. The minimum Gasteiger partial charge on any atom is -0.490 e. The number of ether oxygens (including phenoxy) is 6. The number of carbonyl (C=O) groups is 2. The second-order valence-electron chi connectivity index (χ2n) is 34.1. The lowest BCUT2D eigenvalue weighted by Crippen LogP contribution is -2.31. The Morgan fingerprint density at radius 2 is 0.547 bits per heavy atom. The molecule has 6 N–H and O–H groups in total. The summed E-state index contributed by atoms with van der Waals surface area (Å²) >= 11 is 0. The standard InChI is InChI=1S/C88H150N8O10/c1-61(2)29-23-35-67(13)41-49-101-77-55-73(56-78(102-50-42-68(14)36-24-30-62(3)4)83(77)105-53-45-71(17)39-27-33-65(9)10)75-59-81(97)93-85(91-75)95-87(99)89-47-21-19-20-22-48-90-88(100)96-86-92-76(60-82(98)94-86)74-57-79(103-51-43-69(15)37-25-31-63(5)6)84(106-54-46-72(18)40-28-34-66(11)12)80(58-74)104-52-44-70(16)38-26-32-64(7)8/h55-72H,19-54H2,1-18H3,(H3,89,91,93,95,97,99)(H3,90,92,94,96,98,100)/t67-,68-,69-,70-,71-,72-/m0/s1. The minimum absolute atomic E-state index is 0.00445. The molecule has 0 spiro atoms. The maximum absolute atomic E-state index is 13.4. The molecule has 0 saturated carbocycles. The number of carbonyl (C=O) groups excluding carboxylic acids is 2. The van der Waals surface area contributed by atoms with Gasteiger partial charge in [0.15, 0.2) is 23.0 Å². The Bertz CT molecular complexity index is 2860. The van der Waals surface area contributed by atoms with Gasteiger partial charge in [0, 0.05) is 36.3 Å². The van der Waals surface area contributed by atoms with E-state index in [1.807, 2.05) is 24.3 Å². The summed E-state index contributed by atoms with van der Waals surface area (Å²) < 4.78 is 40.1. The van der Waals surface area contributed by atoms with E-state index in [0.29, 0.717) is 194 Å². The zero-order valence-corrected chi connectivity index (χ0v) is 69.8. The van der Waals surface area contributed by atoms with Crippen molar-refractivity contribution in [3.05, 3.63) is 57.1 Å². The van der Waals surface area contributed by atoms with Crippen molar-refractivity contribution >= 4 is 24.0 Å². The van der Waals surface area contributed by atoms with Gasteiger partial charge in [0.2, 0.25) is 23.4 Å². The fourth-order valence-corrected chi connectivity index (χ4v) is 13.1. The summed E-state index contributed by atoms with van der Waals surface area (Å²) in [4.78, 5) is 68.5. The largest absolute Gasteiger partial charge is 0.490 e. The van der Waals surface area contributed by atoms with Crippen LogP contribution in [0.4, 0.5) is 21.5 Å². The van der Waals surface area contributed by atoms with Gasteiger partial charge < -0.3 is 39.1 Å². The first-order chi connectivity index (χ1) is 50.6. The molecule has 0 aliphatic rings. The van der Waals surface area contributed by atoms with Gasteiger partial charge in [-0.25, -0.2) is 19.6 Å². The van der Waals surface area contributed by atoms with Gasteiger partial charge in [0.25, 0.3) is 11.1 Å². The zero-order chi connectivity index (χ0) is 77.8. The van der Waals surface area contributed by atoms with Crippen molar-refractivity contribution in [1.29, 1.82) is 0 Å². The molecule has 18 nitrogen and oxygen atoms in total. The highest BCUT2D eigenvalue weighted by molar-refractivity contribution is 5.88. The lowest BCUT2D eigenvalue weighted by molar-refractivity contribution is 0.216. The fourth-order valence-electron chi connectivity index (χ4n) is 13.1. The van der Waals surface area contributed by atoms with Crippen LogP contribution in [0.15, 0.2) is 46.0 Å². The molecule has 4 rings (SSSR count). The van der Waals surface area contributed by atoms with Gasteiger partial charge in [-0.2, -0.15) is 0 Å². The van der Waals surface area contributed by atoms with E-state index in [-0.39, 0.29) is 11.9 Å². The second kappa shape index (κ2) is 52.6. The van der Waals surface area contributed by atoms with Crippen molar-refractivity contribution in [2.24, 2.45) is 71.0 Å². The molecule has 0 unspecified atom stereocenters. The molecule has 4 amide bonds. The summed E-state index contributed by atoms with van der Waals surface area (Å²) in [7, 11) is 0. The molecule has 0 bridgehead atoms. The Labute approximate surface area is 642 Å². The molecule has 2 heterocycles. The SMILES string of the molecule is CC(C)CCC[C@H](C)CCOc1cc(-c2cc(=O)[nH]c(NC(=O)NCCCCCCNC(=O)Nc3nc(-c4cc(OCC[C@@H](C)CCCC(C)C)c(OCC[C@@H](C)CCCC(C)C)c(OCC[C@@H](C)CCCC(C)C)c4)cc(=O)[nH]3)n2)cc(OCC[C@@H](C)CCCC(C)C)c1OCC[C@@H](C)CCCC(C)C. The van der Waals surface area contributed by atoms with Crippen LogP contribution in [-0.4, -0.2) is 84.7 Å². The van der Waals surface area contributed by atoms with Crippen LogP contribution in [0.2, 0.25) is 0 Å². The Morgan fingerprint density at radius 1 is 0.311 bits per heavy atom. The number of H-pyrrole nitrogens is 2. The number of urea groups is 2. The number of hydrogen-bond acceptors (Lipinski definition) is 12. The van der Waals surface area contributed by atoms with Gasteiger partial charge in [-0.3, -0.25) is 30.2 Å². The highest BCUT2D eigenvalue weighted by Crippen LogP contribution is 2.44. The van der Waals surface area contributed by atoms with Crippen molar-refractivity contribution in [3.8, 4) is 57.0 Å². The molecule has 0 aliphatic heterocycles. The third kappa shape index (κ3) is 41.2. The van der Waals surface area contributed by atoms with Crippen LogP contribution >= 0.6 is 0 Å². The normalized spacial score (nSPS) is 13.5. The van der Waals surface area contributed by atoms with Crippen LogP contribution in [0.3, 0.4) is 0 Å². The van der Waals surface area contributed by atoms with Crippen molar-refractivity contribution < 1.29 is 38.0 Å². The van der Waals surface area contributed by atoms with Gasteiger partial charge >= 0.3 is 12.1 Å².